The summed E-state index contributed by atoms with van der Waals surface area (Å²) >= 11 is 5.11. The number of halogens is 5. The van der Waals surface area contributed by atoms with Gasteiger partial charge in [0, 0.05) is 12.2 Å². The molecule has 1 amide bonds. The Morgan fingerprint density at radius 1 is 1.24 bits per heavy atom. The van der Waals surface area contributed by atoms with Gasteiger partial charge in [0.15, 0.2) is 0 Å². The molecule has 5 nitrogen and oxygen atoms in total. The van der Waals surface area contributed by atoms with Gasteiger partial charge in [0.05, 0.1) is 0 Å². The number of para-hydroxylation sites is 1. The first-order valence-electron chi connectivity index (χ1n) is 7.30. The van der Waals surface area contributed by atoms with Crippen LogP contribution in [0.5, 0.6) is 0 Å². The zero-order valence-corrected chi connectivity index (χ0v) is 13.8. The summed E-state index contributed by atoms with van der Waals surface area (Å²) < 4.78 is 44.4. The highest BCUT2D eigenvalue weighted by atomic mass is 35.5. The molecule has 1 saturated heterocycles. The molecule has 1 atom stereocenters. The lowest BCUT2D eigenvalue weighted by Crippen LogP contribution is -2.23. The summed E-state index contributed by atoms with van der Waals surface area (Å²) in [5.74, 6) is -3.57. The minimum absolute atomic E-state index is 0.637. The summed E-state index contributed by atoms with van der Waals surface area (Å²) in [5, 5.41) is 9.64. The van der Waals surface area contributed by atoms with Crippen LogP contribution in [-0.4, -0.2) is 46.8 Å². The highest BCUT2D eigenvalue weighted by molar-refractivity contribution is 6.31. The Bertz CT molecular complexity index is 590. The zero-order valence-electron chi connectivity index (χ0n) is 13.0. The van der Waals surface area contributed by atoms with E-state index >= 15 is 0 Å². The van der Waals surface area contributed by atoms with E-state index in [-0.39, 0.29) is 0 Å². The largest absolute Gasteiger partial charge is 0.490 e. The maximum absolute atomic E-state index is 12.7. The Balaban J connectivity index is 0.000000381. The Hall–Kier alpha value is -1.87. The first-order valence-corrected chi connectivity index (χ1v) is 7.74. The Kier molecular flexibility index (Phi) is 8.11. The van der Waals surface area contributed by atoms with Crippen molar-refractivity contribution in [1.82, 2.24) is 4.90 Å². The fourth-order valence-electron chi connectivity index (χ4n) is 2.15. The van der Waals surface area contributed by atoms with E-state index in [0.29, 0.717) is 5.69 Å². The number of hydrogen-bond acceptors (Lipinski definition) is 3. The van der Waals surface area contributed by atoms with Gasteiger partial charge in [-0.1, -0.05) is 29.8 Å². The number of carboxylic acid groups (broad SMARTS) is 1. The average molecular weight is 385 g/mol. The van der Waals surface area contributed by atoms with E-state index in [1.807, 2.05) is 18.2 Å². The number of benzene rings is 1. The van der Waals surface area contributed by atoms with E-state index < -0.39 is 23.7 Å². The number of carbonyl (C=O) groups excluding carboxylic acids is 1. The summed E-state index contributed by atoms with van der Waals surface area (Å²) in [4.78, 5) is 22.5. The van der Waals surface area contributed by atoms with Crippen LogP contribution in [-0.2, 0) is 16.1 Å². The molecule has 25 heavy (non-hydrogen) atoms. The molecule has 1 heterocycles. The third kappa shape index (κ3) is 7.70. The van der Waals surface area contributed by atoms with Crippen molar-refractivity contribution >= 4 is 29.2 Å². The molecule has 1 aliphatic heterocycles. The van der Waals surface area contributed by atoms with E-state index in [9.17, 15) is 22.4 Å². The number of carboxylic acids is 1. The van der Waals surface area contributed by atoms with Crippen molar-refractivity contribution in [2.24, 2.45) is 0 Å². The fraction of sp³-hybridized carbons (Fsp3) is 0.467. The number of carbonyl (C=O) groups is 2. The van der Waals surface area contributed by atoms with Crippen LogP contribution in [0, 0.1) is 0 Å². The number of rotatable bonds is 4. The average Bonchev–Trinajstić information content (AvgIpc) is 3.01. The van der Waals surface area contributed by atoms with Gasteiger partial charge < -0.3 is 10.4 Å². The van der Waals surface area contributed by atoms with Gasteiger partial charge in [-0.05, 0) is 37.6 Å². The lowest BCUT2D eigenvalue weighted by molar-refractivity contribution is -0.192. The van der Waals surface area contributed by atoms with Crippen molar-refractivity contribution in [2.75, 3.05) is 18.4 Å². The summed E-state index contributed by atoms with van der Waals surface area (Å²) in [5.41, 5.74) is -0.382. The van der Waals surface area contributed by atoms with Crippen molar-refractivity contribution in [3.05, 3.63) is 29.8 Å². The SMILES string of the molecule is O=C(Nc1ccccc1CN1CCCC1)C(F)Cl.O=C(O)C(F)(F)F. The van der Waals surface area contributed by atoms with Gasteiger partial charge in [-0.25, -0.2) is 9.18 Å². The first-order chi connectivity index (χ1) is 11.6. The van der Waals surface area contributed by atoms with Gasteiger partial charge in [-0.2, -0.15) is 13.2 Å². The number of alkyl halides is 5. The molecule has 0 saturated carbocycles. The molecule has 1 aromatic rings. The lowest BCUT2D eigenvalue weighted by atomic mass is 10.1. The lowest BCUT2D eigenvalue weighted by Gasteiger charge is -2.17. The van der Waals surface area contributed by atoms with Crippen LogP contribution < -0.4 is 5.32 Å². The summed E-state index contributed by atoms with van der Waals surface area (Å²) in [6.07, 6.45) is -2.66. The van der Waals surface area contributed by atoms with Crippen LogP contribution in [0.3, 0.4) is 0 Å². The molecule has 0 aromatic heterocycles. The number of nitrogens with one attached hydrogen (secondary N) is 1. The molecular weight excluding hydrogens is 368 g/mol. The second-order valence-corrected chi connectivity index (χ2v) is 5.62. The predicted molar refractivity (Wildman–Crippen MR) is 84.0 cm³/mol. The van der Waals surface area contributed by atoms with Crippen molar-refractivity contribution in [1.29, 1.82) is 0 Å². The van der Waals surface area contributed by atoms with E-state index in [1.165, 1.54) is 12.8 Å². The molecule has 0 radical (unpaired) electrons. The summed E-state index contributed by atoms with van der Waals surface area (Å²) in [7, 11) is 0. The first kappa shape index (κ1) is 21.2. The molecule has 0 bridgehead atoms. The molecule has 2 rings (SSSR count). The number of aliphatic carboxylic acids is 1. The maximum atomic E-state index is 12.7. The van der Waals surface area contributed by atoms with Crippen LogP contribution in [0.15, 0.2) is 24.3 Å². The second kappa shape index (κ2) is 9.57. The number of hydrogen-bond donors (Lipinski definition) is 2. The number of likely N-dealkylation sites (tertiary alicyclic amines) is 1. The number of anilines is 1. The monoisotopic (exact) mass is 384 g/mol. The zero-order chi connectivity index (χ0) is 19.0. The fourth-order valence-corrected chi connectivity index (χ4v) is 2.20. The minimum atomic E-state index is -5.08. The number of amides is 1. The predicted octanol–water partition coefficient (Wildman–Crippen LogP) is 3.39. The van der Waals surface area contributed by atoms with Crippen LogP contribution in [0.25, 0.3) is 0 Å². The van der Waals surface area contributed by atoms with Crippen molar-refractivity contribution < 1.29 is 32.3 Å². The van der Waals surface area contributed by atoms with Crippen LogP contribution in [0.2, 0.25) is 0 Å². The molecule has 2 N–H and O–H groups in total. The van der Waals surface area contributed by atoms with Crippen molar-refractivity contribution in [3.8, 4) is 0 Å². The van der Waals surface area contributed by atoms with E-state index in [0.717, 1.165) is 25.2 Å². The molecule has 1 aromatic carbocycles. The van der Waals surface area contributed by atoms with Gasteiger partial charge in [0.1, 0.15) is 0 Å². The van der Waals surface area contributed by atoms with Crippen LogP contribution in [0.4, 0.5) is 23.2 Å². The molecule has 1 unspecified atom stereocenters. The Labute approximate surface area is 146 Å². The van der Waals surface area contributed by atoms with E-state index in [4.69, 9.17) is 21.5 Å². The summed E-state index contributed by atoms with van der Waals surface area (Å²) in [6.45, 7) is 2.92. The number of nitrogens with zero attached hydrogens (tertiary/aromatic N) is 1. The molecule has 10 heteroatoms. The van der Waals surface area contributed by atoms with E-state index in [1.54, 1.807) is 6.07 Å². The molecule has 1 aliphatic rings. The standard InChI is InChI=1S/C13H16ClFN2O.C2HF3O2/c14-12(15)13(18)16-11-6-2-1-5-10(11)9-17-7-3-4-8-17;3-2(4,5)1(6)7/h1-2,5-6,12H,3-4,7-9H2,(H,16,18);(H,6,7). The van der Waals surface area contributed by atoms with Crippen molar-refractivity contribution in [2.45, 2.75) is 31.2 Å². The van der Waals surface area contributed by atoms with Crippen LogP contribution in [0.1, 0.15) is 18.4 Å². The second-order valence-electron chi connectivity index (χ2n) is 5.23. The molecule has 0 aliphatic carbocycles. The van der Waals surface area contributed by atoms with Gasteiger partial charge >= 0.3 is 12.1 Å². The third-order valence-electron chi connectivity index (χ3n) is 3.31. The molecule has 140 valence electrons. The third-order valence-corrected chi connectivity index (χ3v) is 3.51. The van der Waals surface area contributed by atoms with Crippen LogP contribution >= 0.6 is 11.6 Å². The molecular formula is C15H17ClF4N2O3. The maximum Gasteiger partial charge on any atom is 0.490 e. The Morgan fingerprint density at radius 3 is 2.24 bits per heavy atom. The molecule has 1 fully saturated rings. The minimum Gasteiger partial charge on any atom is -0.475 e. The van der Waals surface area contributed by atoms with Gasteiger partial charge in [-0.3, -0.25) is 9.69 Å². The van der Waals surface area contributed by atoms with Gasteiger partial charge in [0.25, 0.3) is 11.5 Å². The smallest absolute Gasteiger partial charge is 0.475 e. The highest BCUT2D eigenvalue weighted by Gasteiger charge is 2.38. The highest BCUT2D eigenvalue weighted by Crippen LogP contribution is 2.20. The quantitative estimate of drug-likeness (QED) is 0.616. The van der Waals surface area contributed by atoms with E-state index in [2.05, 4.69) is 10.2 Å². The normalized spacial score (nSPS) is 15.9. The van der Waals surface area contributed by atoms with Crippen molar-refractivity contribution in [3.63, 3.8) is 0 Å². The van der Waals surface area contributed by atoms with Gasteiger partial charge in [-0.15, -0.1) is 0 Å². The molecule has 0 spiro atoms. The summed E-state index contributed by atoms with van der Waals surface area (Å²) in [6, 6.07) is 7.43. The topological polar surface area (TPSA) is 69.6 Å². The Morgan fingerprint density at radius 2 is 1.76 bits per heavy atom. The van der Waals surface area contributed by atoms with Gasteiger partial charge in [0.2, 0.25) is 0 Å².